The molecule has 6 N–H and O–H groups in total. The Morgan fingerprint density at radius 2 is 1.18 bits per heavy atom. The van der Waals surface area contributed by atoms with Crippen molar-refractivity contribution in [3.63, 3.8) is 0 Å². The van der Waals surface area contributed by atoms with Crippen molar-refractivity contribution in [1.82, 2.24) is 5.32 Å². The number of amides is 1. The second-order valence-corrected chi connectivity index (χ2v) is 17.0. The van der Waals surface area contributed by atoms with E-state index in [2.05, 4.69) is 35.5 Å². The third kappa shape index (κ3) is 28.6. The molecule has 1 fully saturated rings. The van der Waals surface area contributed by atoms with E-state index in [1.807, 2.05) is 12.2 Å². The number of aliphatic hydroxyl groups is 4. The molecule has 0 radical (unpaired) electrons. The van der Waals surface area contributed by atoms with E-state index < -0.39 is 59.9 Å². The third-order valence-electron chi connectivity index (χ3n) is 10.8. The van der Waals surface area contributed by atoms with Crippen molar-refractivity contribution in [2.24, 2.45) is 0 Å². The molecule has 0 spiro atoms. The number of hydrogen-bond donors (Lipinski definition) is 6. The van der Waals surface area contributed by atoms with Gasteiger partial charge < -0.3 is 35.2 Å². The van der Waals surface area contributed by atoms with Crippen LogP contribution in [-0.4, -0.2) is 95.4 Å². The lowest BCUT2D eigenvalue weighted by atomic mass is 9.99. The Balaban J connectivity index is 2.54. The third-order valence-corrected chi connectivity index (χ3v) is 11.2. The fourth-order valence-electron chi connectivity index (χ4n) is 7.21. The van der Waals surface area contributed by atoms with Crippen molar-refractivity contribution in [2.75, 3.05) is 13.2 Å². The Hall–Kier alpha value is -1.42. The van der Waals surface area contributed by atoms with Crippen LogP contribution in [0.5, 0.6) is 0 Å². The molecule has 1 aliphatic rings. The normalized spacial score (nSPS) is 21.4. The maximum absolute atomic E-state index is 13.0. The van der Waals surface area contributed by atoms with E-state index in [4.69, 9.17) is 9.47 Å². The summed E-state index contributed by atoms with van der Waals surface area (Å²) >= 11 is 0. The first-order chi connectivity index (χ1) is 27.5. The van der Waals surface area contributed by atoms with Crippen LogP contribution in [-0.2, 0) is 28.9 Å². The van der Waals surface area contributed by atoms with Gasteiger partial charge in [-0.2, -0.15) is 8.42 Å². The highest BCUT2D eigenvalue weighted by Gasteiger charge is 2.48. The van der Waals surface area contributed by atoms with E-state index in [0.29, 0.717) is 12.8 Å². The number of carbonyl (C=O) groups is 1. The molecular weight excluding hydrogens is 751 g/mol. The minimum atomic E-state index is -5.08. The number of aliphatic hydroxyl groups excluding tert-OH is 4. The molecule has 1 saturated heterocycles. The first kappa shape index (κ1) is 53.6. The van der Waals surface area contributed by atoms with E-state index in [0.717, 1.165) is 38.5 Å². The smallest absolute Gasteiger partial charge is 0.394 e. The summed E-state index contributed by atoms with van der Waals surface area (Å²) < 4.78 is 47.6. The van der Waals surface area contributed by atoms with Gasteiger partial charge in [-0.15, -0.1) is 0 Å². The molecule has 1 amide bonds. The molecule has 13 heteroatoms. The monoisotopic (exact) mass is 834 g/mol. The highest BCUT2D eigenvalue weighted by molar-refractivity contribution is 7.80. The summed E-state index contributed by atoms with van der Waals surface area (Å²) in [6.45, 7) is 3.40. The Kier molecular flexibility index (Phi) is 33.2. The van der Waals surface area contributed by atoms with Gasteiger partial charge in [-0.05, 0) is 32.1 Å². The summed E-state index contributed by atoms with van der Waals surface area (Å²) in [6.07, 6.45) is 30.5. The van der Waals surface area contributed by atoms with Crippen molar-refractivity contribution in [3.8, 4) is 0 Å². The second-order valence-electron chi connectivity index (χ2n) is 16.0. The number of carbonyl (C=O) groups excluding carboxylic acids is 1. The number of unbranched alkanes of at least 4 members (excludes halogenated alkanes) is 22. The van der Waals surface area contributed by atoms with Crippen LogP contribution in [0.1, 0.15) is 194 Å². The molecule has 0 aromatic rings. The molecule has 0 saturated carbocycles. The predicted molar refractivity (Wildman–Crippen MR) is 227 cm³/mol. The van der Waals surface area contributed by atoms with Gasteiger partial charge in [0, 0.05) is 6.42 Å². The lowest BCUT2D eigenvalue weighted by molar-refractivity contribution is -0.298. The van der Waals surface area contributed by atoms with Crippen molar-refractivity contribution in [2.45, 2.75) is 236 Å². The Morgan fingerprint density at radius 1 is 0.702 bits per heavy atom. The van der Waals surface area contributed by atoms with E-state index in [1.54, 1.807) is 0 Å². The van der Waals surface area contributed by atoms with Gasteiger partial charge in [-0.3, -0.25) is 9.35 Å². The summed E-state index contributed by atoms with van der Waals surface area (Å²) in [5.74, 6) is -0.297. The van der Waals surface area contributed by atoms with Gasteiger partial charge in [0.15, 0.2) is 6.29 Å². The zero-order valence-electron chi connectivity index (χ0n) is 35.7. The summed E-state index contributed by atoms with van der Waals surface area (Å²) in [5, 5.41) is 44.7. The largest absolute Gasteiger partial charge is 0.397 e. The number of hydrogen-bond acceptors (Lipinski definition) is 10. The number of rotatable bonds is 38. The molecule has 336 valence electrons. The molecule has 0 aromatic heterocycles. The number of allylic oxidation sites excluding steroid dienone is 4. The zero-order valence-corrected chi connectivity index (χ0v) is 36.5. The standard InChI is InChI=1S/C44H83NO11S/c1-3-5-7-9-11-13-15-17-18-19-20-22-23-25-27-29-31-33-38(47)37(36-54-44-42(50)43(56-57(51,52)53)41(49)39(35-46)55-44)45-40(48)34-32-30-28-26-24-21-16-14-12-10-8-6-4-2/h21,24,28,30,37-39,41-44,46-47,49-50H,3-20,22-23,25-27,29,31-36H2,1-2H3,(H,45,48)(H,51,52,53)/b24-21-,30-28-. The minimum Gasteiger partial charge on any atom is -0.394 e. The quantitative estimate of drug-likeness (QED) is 0.0198. The maximum Gasteiger partial charge on any atom is 0.397 e. The predicted octanol–water partition coefficient (Wildman–Crippen LogP) is 8.55. The molecule has 7 unspecified atom stereocenters. The van der Waals surface area contributed by atoms with Gasteiger partial charge >= 0.3 is 10.4 Å². The van der Waals surface area contributed by atoms with E-state index >= 15 is 0 Å². The van der Waals surface area contributed by atoms with Crippen LogP contribution in [0, 0.1) is 0 Å². The fourth-order valence-corrected chi connectivity index (χ4v) is 7.72. The summed E-state index contributed by atoms with van der Waals surface area (Å²) in [7, 11) is -5.08. The van der Waals surface area contributed by atoms with Gasteiger partial charge in [-0.1, -0.05) is 179 Å². The molecule has 12 nitrogen and oxygen atoms in total. The summed E-state index contributed by atoms with van der Waals surface area (Å²) in [6, 6.07) is -0.886. The van der Waals surface area contributed by atoms with Gasteiger partial charge in [-0.25, -0.2) is 4.18 Å². The van der Waals surface area contributed by atoms with Crippen LogP contribution in [0.4, 0.5) is 0 Å². The van der Waals surface area contributed by atoms with Gasteiger partial charge in [0.25, 0.3) is 0 Å². The highest BCUT2D eigenvalue weighted by Crippen LogP contribution is 2.26. The van der Waals surface area contributed by atoms with Crippen LogP contribution in [0.3, 0.4) is 0 Å². The first-order valence-electron chi connectivity index (χ1n) is 22.7. The number of ether oxygens (including phenoxy) is 2. The fraction of sp³-hybridized carbons (Fsp3) is 0.886. The lowest BCUT2D eigenvalue weighted by Crippen LogP contribution is -2.61. The van der Waals surface area contributed by atoms with Crippen LogP contribution >= 0.6 is 0 Å². The Labute approximate surface area is 346 Å². The molecule has 1 rings (SSSR count). The zero-order chi connectivity index (χ0) is 42.0. The first-order valence-corrected chi connectivity index (χ1v) is 24.1. The molecular formula is C44H83NO11S. The van der Waals surface area contributed by atoms with Crippen molar-refractivity contribution in [3.05, 3.63) is 24.3 Å². The highest BCUT2D eigenvalue weighted by atomic mass is 32.3. The molecule has 0 aliphatic carbocycles. The van der Waals surface area contributed by atoms with Crippen LogP contribution in [0.2, 0.25) is 0 Å². The molecule has 57 heavy (non-hydrogen) atoms. The Morgan fingerprint density at radius 3 is 1.67 bits per heavy atom. The average Bonchev–Trinajstić information content (AvgIpc) is 3.18. The average molecular weight is 834 g/mol. The van der Waals surface area contributed by atoms with Crippen molar-refractivity contribution in [1.29, 1.82) is 0 Å². The van der Waals surface area contributed by atoms with Gasteiger partial charge in [0.05, 0.1) is 25.4 Å². The minimum absolute atomic E-state index is 0.186. The van der Waals surface area contributed by atoms with Crippen LogP contribution in [0.15, 0.2) is 24.3 Å². The lowest BCUT2D eigenvalue weighted by Gasteiger charge is -2.41. The van der Waals surface area contributed by atoms with E-state index in [-0.39, 0.29) is 18.9 Å². The maximum atomic E-state index is 13.0. The summed E-state index contributed by atoms with van der Waals surface area (Å²) in [5.41, 5.74) is 0. The second kappa shape index (κ2) is 35.3. The molecule has 1 heterocycles. The summed E-state index contributed by atoms with van der Waals surface area (Å²) in [4.78, 5) is 13.0. The van der Waals surface area contributed by atoms with Gasteiger partial charge in [0.2, 0.25) is 5.91 Å². The molecule has 0 bridgehead atoms. The van der Waals surface area contributed by atoms with Crippen molar-refractivity contribution < 1.29 is 51.8 Å². The topological polar surface area (TPSA) is 192 Å². The molecule has 1 aliphatic heterocycles. The SMILES string of the molecule is CCCCCCCC/C=C\C/C=C\CCC(=O)NC(COC1OC(CO)C(O)C(OS(=O)(=O)O)C1O)C(O)CCCCCCCCCCCCCCCCCCC. The molecule has 0 aromatic carbocycles. The van der Waals surface area contributed by atoms with Crippen LogP contribution in [0.25, 0.3) is 0 Å². The molecule has 7 atom stereocenters. The number of nitrogens with one attached hydrogen (secondary N) is 1. The van der Waals surface area contributed by atoms with Gasteiger partial charge in [0.1, 0.15) is 24.4 Å². The van der Waals surface area contributed by atoms with Crippen molar-refractivity contribution >= 4 is 16.3 Å². The van der Waals surface area contributed by atoms with E-state index in [1.165, 1.54) is 122 Å². The van der Waals surface area contributed by atoms with E-state index in [9.17, 15) is 38.2 Å². The Bertz CT molecular complexity index is 1120. The van der Waals surface area contributed by atoms with Crippen LogP contribution < -0.4 is 5.32 Å².